The number of aliphatic hydroxyl groups excluding tert-OH is 1. The third-order valence-electron chi connectivity index (χ3n) is 6.15. The Labute approximate surface area is 216 Å². The van der Waals surface area contributed by atoms with Crippen LogP contribution >= 0.6 is 11.6 Å². The van der Waals surface area contributed by atoms with Gasteiger partial charge in [-0.05, 0) is 86.2 Å². The lowest BCUT2D eigenvalue weighted by Crippen LogP contribution is -2.46. The van der Waals surface area contributed by atoms with Gasteiger partial charge in [0, 0.05) is 12.1 Å². The van der Waals surface area contributed by atoms with Gasteiger partial charge in [-0.2, -0.15) is 0 Å². The van der Waals surface area contributed by atoms with E-state index in [1.165, 1.54) is 6.07 Å². The van der Waals surface area contributed by atoms with Crippen molar-refractivity contribution in [3.05, 3.63) is 93.8 Å². The number of hydrogen-bond donors (Lipinski definition) is 3. The van der Waals surface area contributed by atoms with Crippen LogP contribution in [0.2, 0.25) is 5.02 Å². The Morgan fingerprint density at radius 2 is 1.83 bits per heavy atom. The topological polar surface area (TPSA) is 78.8 Å². The molecule has 3 aromatic rings. The van der Waals surface area contributed by atoms with Crippen LogP contribution in [0.3, 0.4) is 0 Å². The Balaban J connectivity index is 1.59. The molecule has 0 saturated carbocycles. The fourth-order valence-corrected chi connectivity index (χ4v) is 4.33. The average Bonchev–Trinajstić information content (AvgIpc) is 2.83. The smallest absolute Gasteiger partial charge is 0.335 e. The largest absolute Gasteiger partial charge is 0.478 e. The van der Waals surface area contributed by atoms with Gasteiger partial charge in [-0.15, -0.1) is 0 Å². The molecule has 0 aliphatic carbocycles. The molecule has 7 heteroatoms. The van der Waals surface area contributed by atoms with Crippen LogP contribution in [0.5, 0.6) is 0 Å². The normalized spacial score (nSPS) is 13.4. The molecule has 0 heterocycles. The molecule has 192 valence electrons. The molecule has 1 unspecified atom stereocenters. The highest BCUT2D eigenvalue weighted by Crippen LogP contribution is 2.32. The summed E-state index contributed by atoms with van der Waals surface area (Å²) in [5.41, 5.74) is 4.40. The first kappa shape index (κ1) is 27.8. The summed E-state index contributed by atoms with van der Waals surface area (Å²) >= 11 is 5.77. The summed E-state index contributed by atoms with van der Waals surface area (Å²) in [6.45, 7) is 8.24. The van der Waals surface area contributed by atoms with E-state index in [0.29, 0.717) is 13.0 Å². The third-order valence-corrected chi connectivity index (χ3v) is 6.45. The molecular weight excluding hydrogens is 481 g/mol. The third kappa shape index (κ3) is 7.37. The monoisotopic (exact) mass is 513 g/mol. The number of benzene rings is 3. The van der Waals surface area contributed by atoms with E-state index >= 15 is 0 Å². The minimum Gasteiger partial charge on any atom is -0.478 e. The maximum Gasteiger partial charge on any atom is 0.335 e. The summed E-state index contributed by atoms with van der Waals surface area (Å²) in [4.78, 5) is 11.3. The number of nitrogens with one attached hydrogen (secondary N) is 1. The minimum atomic E-state index is -0.958. The average molecular weight is 514 g/mol. The molecule has 0 spiro atoms. The quantitative estimate of drug-likeness (QED) is 0.284. The first-order chi connectivity index (χ1) is 17.0. The maximum atomic E-state index is 13.8. The number of carboxylic acid groups (broad SMARTS) is 1. The Morgan fingerprint density at radius 1 is 1.11 bits per heavy atom. The highest BCUT2D eigenvalue weighted by atomic mass is 35.5. The van der Waals surface area contributed by atoms with Crippen molar-refractivity contribution < 1.29 is 24.1 Å². The van der Waals surface area contributed by atoms with Crippen molar-refractivity contribution in [2.24, 2.45) is 0 Å². The molecule has 3 rings (SSSR count). The Bertz CT molecular complexity index is 1210. The number of carbonyl (C=O) groups is 1. The van der Waals surface area contributed by atoms with Crippen LogP contribution in [0.1, 0.15) is 53.9 Å². The molecule has 3 N–H and O–H groups in total. The van der Waals surface area contributed by atoms with Crippen LogP contribution in [0.4, 0.5) is 4.39 Å². The van der Waals surface area contributed by atoms with Gasteiger partial charge < -0.3 is 20.3 Å². The van der Waals surface area contributed by atoms with Crippen LogP contribution in [-0.2, 0) is 11.2 Å². The summed E-state index contributed by atoms with van der Waals surface area (Å²) in [7, 11) is 0. The summed E-state index contributed by atoms with van der Waals surface area (Å²) < 4.78 is 19.8. The number of aryl methyl sites for hydroxylation is 1. The molecule has 3 aromatic carbocycles. The van der Waals surface area contributed by atoms with Crippen LogP contribution in [-0.4, -0.2) is 41.0 Å². The van der Waals surface area contributed by atoms with Crippen molar-refractivity contribution in [3.8, 4) is 11.1 Å². The Hall–Kier alpha value is -2.77. The summed E-state index contributed by atoms with van der Waals surface area (Å²) in [6, 6.07) is 17.7. The second kappa shape index (κ2) is 12.0. The highest BCUT2D eigenvalue weighted by Gasteiger charge is 2.21. The van der Waals surface area contributed by atoms with Gasteiger partial charge in [0.1, 0.15) is 5.82 Å². The van der Waals surface area contributed by atoms with Crippen molar-refractivity contribution >= 4 is 17.6 Å². The number of aromatic carboxylic acids is 1. The van der Waals surface area contributed by atoms with Gasteiger partial charge in [0.2, 0.25) is 0 Å². The lowest BCUT2D eigenvalue weighted by Gasteiger charge is -2.28. The maximum absolute atomic E-state index is 13.8. The van der Waals surface area contributed by atoms with Gasteiger partial charge in [-0.1, -0.05) is 48.0 Å². The number of hydrogen-bond acceptors (Lipinski definition) is 4. The molecule has 36 heavy (non-hydrogen) atoms. The molecular formula is C29H33ClFNO4. The zero-order chi connectivity index (χ0) is 26.5. The highest BCUT2D eigenvalue weighted by molar-refractivity contribution is 6.30. The molecule has 0 fully saturated rings. The molecule has 0 aliphatic heterocycles. The number of halogens is 2. The van der Waals surface area contributed by atoms with E-state index in [4.69, 9.17) is 16.3 Å². The van der Waals surface area contributed by atoms with Gasteiger partial charge in [0.15, 0.2) is 0 Å². The summed E-state index contributed by atoms with van der Waals surface area (Å²) in [5.74, 6) is -1.40. The van der Waals surface area contributed by atoms with Crippen LogP contribution in [0, 0.1) is 12.7 Å². The molecule has 0 radical (unpaired) electrons. The zero-order valence-electron chi connectivity index (χ0n) is 21.0. The number of β-amino-alcohol motifs (C(OH)–C–C–N with tert-alkyl or cyclic N) is 1. The van der Waals surface area contributed by atoms with Crippen molar-refractivity contribution in [1.29, 1.82) is 0 Å². The first-order valence-electron chi connectivity index (χ1n) is 11.9. The first-order valence-corrected chi connectivity index (χ1v) is 12.3. The van der Waals surface area contributed by atoms with Crippen molar-refractivity contribution in [1.82, 2.24) is 5.32 Å². The van der Waals surface area contributed by atoms with Crippen LogP contribution in [0.15, 0.2) is 60.7 Å². The molecule has 0 aliphatic rings. The van der Waals surface area contributed by atoms with Gasteiger partial charge in [-0.25, -0.2) is 9.18 Å². The lowest BCUT2D eigenvalue weighted by atomic mass is 9.92. The lowest BCUT2D eigenvalue weighted by molar-refractivity contribution is -0.00397. The molecule has 0 amide bonds. The minimum absolute atomic E-state index is 0.0974. The number of aliphatic hydroxyl groups is 1. The standard InChI is InChI=1S/C29H33ClFNO4/c1-18-13-21(28(34)35)10-11-23(18)25-8-6-5-7-24(25)19(2)36-17-22(33)16-32-29(3,4)15-20-9-12-26(30)27(31)14-20/h5-14,19,22,32-33H,15-17H2,1-4H3,(H,34,35)/t19?,22-/m1/s1. The fraction of sp³-hybridized carbons (Fsp3) is 0.345. The Morgan fingerprint density at radius 3 is 2.50 bits per heavy atom. The van der Waals surface area contributed by atoms with E-state index in [1.54, 1.807) is 24.3 Å². The molecule has 5 nitrogen and oxygen atoms in total. The van der Waals surface area contributed by atoms with Gasteiger partial charge in [0.05, 0.1) is 29.4 Å². The second-order valence-corrected chi connectivity index (χ2v) is 10.1. The van der Waals surface area contributed by atoms with Gasteiger partial charge in [0.25, 0.3) is 0 Å². The summed E-state index contributed by atoms with van der Waals surface area (Å²) in [5, 5.41) is 23.2. The fourth-order valence-electron chi connectivity index (χ4n) is 4.22. The van der Waals surface area contributed by atoms with Crippen molar-refractivity contribution in [2.75, 3.05) is 13.2 Å². The van der Waals surface area contributed by atoms with Gasteiger partial charge >= 0.3 is 5.97 Å². The second-order valence-electron chi connectivity index (χ2n) is 9.74. The number of carboxylic acids is 1. The Kier molecular flexibility index (Phi) is 9.25. The van der Waals surface area contributed by atoms with E-state index in [9.17, 15) is 19.4 Å². The van der Waals surface area contributed by atoms with E-state index in [1.807, 2.05) is 58.0 Å². The predicted octanol–water partition coefficient (Wildman–Crippen LogP) is 6.20. The number of ether oxygens (including phenoxy) is 1. The van der Waals surface area contributed by atoms with Crippen molar-refractivity contribution in [3.63, 3.8) is 0 Å². The van der Waals surface area contributed by atoms with E-state index in [-0.39, 0.29) is 28.8 Å². The van der Waals surface area contributed by atoms with Crippen LogP contribution in [0.25, 0.3) is 11.1 Å². The van der Waals surface area contributed by atoms with E-state index in [2.05, 4.69) is 5.32 Å². The SMILES string of the molecule is Cc1cc(C(=O)O)ccc1-c1ccccc1C(C)OC[C@H](O)CNC(C)(C)Cc1ccc(Cl)c(F)c1. The number of rotatable bonds is 11. The van der Waals surface area contributed by atoms with Crippen LogP contribution < -0.4 is 5.32 Å². The van der Waals surface area contributed by atoms with Gasteiger partial charge in [-0.3, -0.25) is 0 Å². The molecule has 0 bridgehead atoms. The summed E-state index contributed by atoms with van der Waals surface area (Å²) in [6.07, 6.45) is -0.463. The van der Waals surface area contributed by atoms with Crippen molar-refractivity contribution in [2.45, 2.75) is 51.9 Å². The molecule has 2 atom stereocenters. The van der Waals surface area contributed by atoms with E-state index in [0.717, 1.165) is 27.8 Å². The predicted molar refractivity (Wildman–Crippen MR) is 141 cm³/mol. The van der Waals surface area contributed by atoms with E-state index < -0.39 is 17.9 Å². The molecule has 0 aromatic heterocycles. The zero-order valence-corrected chi connectivity index (χ0v) is 21.8. The molecule has 0 saturated heterocycles.